The number of aromatic nitrogens is 1. The monoisotopic (exact) mass is 220 g/mol. The van der Waals surface area contributed by atoms with Crippen LogP contribution in [0, 0.1) is 11.3 Å². The molecule has 0 saturated heterocycles. The van der Waals surface area contributed by atoms with E-state index in [4.69, 9.17) is 11.0 Å². The van der Waals surface area contributed by atoms with Crippen LogP contribution in [-0.2, 0) is 0 Å². The molecule has 86 valence electrons. The average molecular weight is 220 g/mol. The van der Waals surface area contributed by atoms with E-state index < -0.39 is 0 Å². The van der Waals surface area contributed by atoms with E-state index in [1.807, 2.05) is 13.0 Å². The summed E-state index contributed by atoms with van der Waals surface area (Å²) in [7, 11) is 0. The zero-order valence-corrected chi connectivity index (χ0v) is 9.27. The van der Waals surface area contributed by atoms with Gasteiger partial charge in [0.1, 0.15) is 11.9 Å². The molecule has 16 heavy (non-hydrogen) atoms. The fourth-order valence-corrected chi connectivity index (χ4v) is 1.27. The van der Waals surface area contributed by atoms with Gasteiger partial charge in [-0.1, -0.05) is 6.92 Å². The molecule has 1 heterocycles. The van der Waals surface area contributed by atoms with Gasteiger partial charge in [-0.15, -0.1) is 0 Å². The van der Waals surface area contributed by atoms with Crippen molar-refractivity contribution in [2.75, 3.05) is 17.6 Å². The Morgan fingerprint density at radius 1 is 1.69 bits per heavy atom. The van der Waals surface area contributed by atoms with Crippen LogP contribution < -0.4 is 11.1 Å². The molecular formula is C11H16N4O. The lowest BCUT2D eigenvalue weighted by atomic mass is 10.2. The van der Waals surface area contributed by atoms with E-state index in [0.717, 1.165) is 6.42 Å². The fraction of sp³-hybridized carbons (Fsp3) is 0.455. The first-order valence-electron chi connectivity index (χ1n) is 5.25. The van der Waals surface area contributed by atoms with Gasteiger partial charge >= 0.3 is 0 Å². The standard InChI is InChI=1S/C11H16N4O/c1-2-10(16)3-4-14-11-8(6-12)5-9(13)7-15-11/h5,7,10,16H,2-4,13H2,1H3,(H,14,15). The van der Waals surface area contributed by atoms with Gasteiger partial charge in [-0.25, -0.2) is 4.98 Å². The summed E-state index contributed by atoms with van der Waals surface area (Å²) in [6, 6.07) is 3.60. The molecule has 1 aromatic rings. The van der Waals surface area contributed by atoms with E-state index >= 15 is 0 Å². The second-order valence-corrected chi connectivity index (χ2v) is 3.55. The van der Waals surface area contributed by atoms with Gasteiger partial charge in [0, 0.05) is 6.54 Å². The third-order valence-electron chi connectivity index (χ3n) is 2.27. The highest BCUT2D eigenvalue weighted by molar-refractivity contribution is 5.57. The first-order valence-corrected chi connectivity index (χ1v) is 5.25. The first kappa shape index (κ1) is 12.3. The third kappa shape index (κ3) is 3.41. The normalized spacial score (nSPS) is 11.8. The predicted molar refractivity (Wildman–Crippen MR) is 62.8 cm³/mol. The molecule has 5 heteroatoms. The van der Waals surface area contributed by atoms with E-state index in [2.05, 4.69) is 10.3 Å². The first-order chi connectivity index (χ1) is 7.67. The Kier molecular flexibility index (Phi) is 4.55. The summed E-state index contributed by atoms with van der Waals surface area (Å²) in [5.74, 6) is 0.514. The van der Waals surface area contributed by atoms with Crippen LogP contribution in [0.3, 0.4) is 0 Å². The van der Waals surface area contributed by atoms with Crippen molar-refractivity contribution in [3.8, 4) is 6.07 Å². The van der Waals surface area contributed by atoms with Crippen molar-refractivity contribution in [1.29, 1.82) is 5.26 Å². The molecule has 1 atom stereocenters. The molecule has 0 aliphatic heterocycles. The highest BCUT2D eigenvalue weighted by Crippen LogP contribution is 2.14. The predicted octanol–water partition coefficient (Wildman–Crippen LogP) is 1.11. The van der Waals surface area contributed by atoms with Gasteiger partial charge in [0.05, 0.1) is 23.6 Å². The number of pyridine rings is 1. The number of aliphatic hydroxyl groups is 1. The molecule has 4 N–H and O–H groups in total. The summed E-state index contributed by atoms with van der Waals surface area (Å²) in [4.78, 5) is 4.03. The number of anilines is 2. The Bertz CT molecular complexity index is 386. The molecule has 0 saturated carbocycles. The van der Waals surface area contributed by atoms with Crippen molar-refractivity contribution in [2.45, 2.75) is 25.9 Å². The zero-order valence-electron chi connectivity index (χ0n) is 9.27. The van der Waals surface area contributed by atoms with Gasteiger partial charge in [0.15, 0.2) is 0 Å². The highest BCUT2D eigenvalue weighted by atomic mass is 16.3. The Balaban J connectivity index is 2.57. The summed E-state index contributed by atoms with van der Waals surface area (Å²) in [6.45, 7) is 2.51. The summed E-state index contributed by atoms with van der Waals surface area (Å²) in [6.07, 6.45) is 2.54. The van der Waals surface area contributed by atoms with E-state index in [1.165, 1.54) is 6.20 Å². The molecule has 0 aromatic carbocycles. The van der Waals surface area contributed by atoms with Crippen molar-refractivity contribution in [2.24, 2.45) is 0 Å². The van der Waals surface area contributed by atoms with Crippen molar-refractivity contribution >= 4 is 11.5 Å². The van der Waals surface area contributed by atoms with Crippen LogP contribution >= 0.6 is 0 Å². The average Bonchev–Trinajstić information content (AvgIpc) is 2.30. The van der Waals surface area contributed by atoms with Crippen LogP contribution in [0.15, 0.2) is 12.3 Å². The molecule has 0 radical (unpaired) electrons. The number of rotatable bonds is 5. The highest BCUT2D eigenvalue weighted by Gasteiger charge is 2.05. The van der Waals surface area contributed by atoms with Crippen molar-refractivity contribution in [3.05, 3.63) is 17.8 Å². The lowest BCUT2D eigenvalue weighted by Gasteiger charge is -2.10. The Labute approximate surface area is 94.9 Å². The van der Waals surface area contributed by atoms with Crippen LogP contribution in [0.4, 0.5) is 11.5 Å². The van der Waals surface area contributed by atoms with E-state index in [9.17, 15) is 5.11 Å². The molecule has 0 aliphatic rings. The van der Waals surface area contributed by atoms with E-state index in [1.54, 1.807) is 6.07 Å². The van der Waals surface area contributed by atoms with Gasteiger partial charge < -0.3 is 16.2 Å². The largest absolute Gasteiger partial charge is 0.397 e. The van der Waals surface area contributed by atoms with E-state index in [0.29, 0.717) is 30.0 Å². The molecule has 1 unspecified atom stereocenters. The molecule has 0 bridgehead atoms. The molecule has 0 amide bonds. The SMILES string of the molecule is CCC(O)CCNc1ncc(N)cc1C#N. The van der Waals surface area contributed by atoms with Crippen molar-refractivity contribution < 1.29 is 5.11 Å². The second-order valence-electron chi connectivity index (χ2n) is 3.55. The van der Waals surface area contributed by atoms with Crippen LogP contribution in [0.2, 0.25) is 0 Å². The van der Waals surface area contributed by atoms with Gasteiger partial charge in [-0.05, 0) is 18.9 Å². The number of nitrogens with zero attached hydrogens (tertiary/aromatic N) is 2. The quantitative estimate of drug-likeness (QED) is 0.690. The molecule has 0 fully saturated rings. The molecule has 1 aromatic heterocycles. The minimum absolute atomic E-state index is 0.313. The number of nitriles is 1. The van der Waals surface area contributed by atoms with Crippen molar-refractivity contribution in [1.82, 2.24) is 4.98 Å². The van der Waals surface area contributed by atoms with Crippen LogP contribution in [0.25, 0.3) is 0 Å². The fourth-order valence-electron chi connectivity index (χ4n) is 1.27. The Hall–Kier alpha value is -1.80. The van der Waals surface area contributed by atoms with Crippen molar-refractivity contribution in [3.63, 3.8) is 0 Å². The number of hydrogen-bond donors (Lipinski definition) is 3. The summed E-state index contributed by atoms with van der Waals surface area (Å²) >= 11 is 0. The summed E-state index contributed by atoms with van der Waals surface area (Å²) in [5, 5.41) is 21.2. The maximum absolute atomic E-state index is 9.36. The number of hydrogen-bond acceptors (Lipinski definition) is 5. The Morgan fingerprint density at radius 3 is 3.06 bits per heavy atom. The molecule has 0 aliphatic carbocycles. The second kappa shape index (κ2) is 5.93. The minimum Gasteiger partial charge on any atom is -0.397 e. The molecule has 1 rings (SSSR count). The smallest absolute Gasteiger partial charge is 0.144 e. The summed E-state index contributed by atoms with van der Waals surface area (Å²) in [5.41, 5.74) is 6.41. The molecule has 5 nitrogen and oxygen atoms in total. The van der Waals surface area contributed by atoms with Gasteiger partial charge in [0.2, 0.25) is 0 Å². The maximum Gasteiger partial charge on any atom is 0.144 e. The van der Waals surface area contributed by atoms with Gasteiger partial charge in [-0.2, -0.15) is 5.26 Å². The minimum atomic E-state index is -0.313. The van der Waals surface area contributed by atoms with Crippen LogP contribution in [0.1, 0.15) is 25.3 Å². The number of nitrogens with two attached hydrogens (primary N) is 1. The molecule has 0 spiro atoms. The van der Waals surface area contributed by atoms with Crippen LogP contribution in [-0.4, -0.2) is 22.7 Å². The third-order valence-corrected chi connectivity index (χ3v) is 2.27. The summed E-state index contributed by atoms with van der Waals surface area (Å²) < 4.78 is 0. The number of nitrogens with one attached hydrogen (secondary N) is 1. The van der Waals surface area contributed by atoms with Gasteiger partial charge in [-0.3, -0.25) is 0 Å². The maximum atomic E-state index is 9.36. The van der Waals surface area contributed by atoms with Gasteiger partial charge in [0.25, 0.3) is 0 Å². The van der Waals surface area contributed by atoms with E-state index in [-0.39, 0.29) is 6.10 Å². The zero-order chi connectivity index (χ0) is 12.0. The molecular weight excluding hydrogens is 204 g/mol. The Morgan fingerprint density at radius 2 is 2.44 bits per heavy atom. The van der Waals surface area contributed by atoms with Crippen LogP contribution in [0.5, 0.6) is 0 Å². The number of nitrogen functional groups attached to an aromatic ring is 1. The number of aliphatic hydroxyl groups excluding tert-OH is 1. The topological polar surface area (TPSA) is 95.0 Å². The lowest BCUT2D eigenvalue weighted by Crippen LogP contribution is -2.13. The lowest BCUT2D eigenvalue weighted by molar-refractivity contribution is 0.164.